The average Bonchev–Trinajstić information content (AvgIpc) is 2.92. The zero-order valence-corrected chi connectivity index (χ0v) is 15.3. The lowest BCUT2D eigenvalue weighted by Gasteiger charge is -2.30. The van der Waals surface area contributed by atoms with Crippen LogP contribution in [-0.4, -0.2) is 10.7 Å². The van der Waals surface area contributed by atoms with Gasteiger partial charge in [-0.1, -0.05) is 50.9 Å². The maximum atomic E-state index is 13.5. The van der Waals surface area contributed by atoms with Crippen molar-refractivity contribution in [2.45, 2.75) is 25.2 Å². The Hall–Kier alpha value is -0.190. The lowest BCUT2D eigenvalue weighted by Crippen LogP contribution is -2.32. The molecule has 0 amide bonds. The van der Waals surface area contributed by atoms with Crippen molar-refractivity contribution < 1.29 is 4.39 Å². The number of alkyl halides is 2. The molecule has 2 aromatic rings. The Morgan fingerprint density at radius 2 is 1.80 bits per heavy atom. The van der Waals surface area contributed by atoms with E-state index >= 15 is 0 Å². The second-order valence-corrected chi connectivity index (χ2v) is 7.33. The smallest absolute Gasteiger partial charge is 0.123 e. The minimum Gasteiger partial charge on any atom is -0.207 e. The molecule has 0 aliphatic rings. The van der Waals surface area contributed by atoms with Crippen molar-refractivity contribution >= 4 is 43.2 Å². The Balaban J connectivity index is 2.33. The summed E-state index contributed by atoms with van der Waals surface area (Å²) < 4.78 is 13.5. The molecular formula is C16H17Br2FS. The van der Waals surface area contributed by atoms with Crippen LogP contribution in [0.3, 0.4) is 0 Å². The second kappa shape index (κ2) is 7.19. The molecule has 20 heavy (non-hydrogen) atoms. The Bertz CT molecular complexity index is 561. The molecule has 108 valence electrons. The fourth-order valence-corrected chi connectivity index (χ4v) is 5.32. The summed E-state index contributed by atoms with van der Waals surface area (Å²) in [5.74, 6) is -0.172. The summed E-state index contributed by atoms with van der Waals surface area (Å²) in [4.78, 5) is 2.75. The molecule has 1 aromatic carbocycles. The van der Waals surface area contributed by atoms with Crippen molar-refractivity contribution in [3.8, 4) is 0 Å². The number of hydrogen-bond acceptors (Lipinski definition) is 1. The lowest BCUT2D eigenvalue weighted by molar-refractivity contribution is 0.545. The van der Waals surface area contributed by atoms with Gasteiger partial charge in [0.05, 0.1) is 0 Å². The molecule has 0 fully saturated rings. The van der Waals surface area contributed by atoms with Crippen LogP contribution >= 0.6 is 43.2 Å². The largest absolute Gasteiger partial charge is 0.207 e. The maximum absolute atomic E-state index is 13.5. The van der Waals surface area contributed by atoms with Crippen LogP contribution in [-0.2, 0) is 18.3 Å². The van der Waals surface area contributed by atoms with Crippen LogP contribution in [0.25, 0.3) is 0 Å². The fraction of sp³-hybridized carbons (Fsp3) is 0.375. The third-order valence-corrected chi connectivity index (χ3v) is 6.90. The molecule has 0 nitrogen and oxygen atoms in total. The molecule has 0 saturated carbocycles. The van der Waals surface area contributed by atoms with Crippen molar-refractivity contribution in [3.05, 3.63) is 57.5 Å². The van der Waals surface area contributed by atoms with Gasteiger partial charge in [-0.25, -0.2) is 4.39 Å². The Morgan fingerprint density at radius 1 is 1.10 bits per heavy atom. The first-order chi connectivity index (χ1) is 9.63. The predicted molar refractivity (Wildman–Crippen MR) is 93.1 cm³/mol. The van der Waals surface area contributed by atoms with Gasteiger partial charge in [-0.2, -0.15) is 0 Å². The monoisotopic (exact) mass is 418 g/mol. The van der Waals surface area contributed by atoms with Gasteiger partial charge < -0.3 is 0 Å². The van der Waals surface area contributed by atoms with Gasteiger partial charge in [0.15, 0.2) is 0 Å². The molecule has 2 rings (SSSR count). The molecule has 0 atom stereocenters. The molecule has 4 heteroatoms. The first-order valence-corrected chi connectivity index (χ1v) is 9.65. The Labute approximate surface area is 140 Å². The molecule has 0 spiro atoms. The quantitative estimate of drug-likeness (QED) is 0.525. The minimum absolute atomic E-state index is 0.113. The summed E-state index contributed by atoms with van der Waals surface area (Å²) in [5, 5.41) is 1.60. The summed E-state index contributed by atoms with van der Waals surface area (Å²) in [6.07, 6.45) is 1.98. The zero-order valence-electron chi connectivity index (χ0n) is 11.3. The van der Waals surface area contributed by atoms with Crippen LogP contribution in [0.4, 0.5) is 4.39 Å². The second-order valence-electron chi connectivity index (χ2n) is 4.96. The summed E-state index contributed by atoms with van der Waals surface area (Å²) in [7, 11) is 0. The predicted octanol–water partition coefficient (Wildman–Crippen LogP) is 5.72. The van der Waals surface area contributed by atoms with Gasteiger partial charge in [-0.05, 0) is 42.7 Å². The molecule has 0 bridgehead atoms. The van der Waals surface area contributed by atoms with Gasteiger partial charge in [-0.3, -0.25) is 0 Å². The van der Waals surface area contributed by atoms with E-state index in [1.165, 1.54) is 15.8 Å². The van der Waals surface area contributed by atoms with Gasteiger partial charge in [0.25, 0.3) is 0 Å². The number of benzene rings is 1. The van der Waals surface area contributed by atoms with Crippen molar-refractivity contribution in [2.24, 2.45) is 0 Å². The van der Waals surface area contributed by atoms with E-state index in [1.54, 1.807) is 12.1 Å². The van der Waals surface area contributed by atoms with E-state index < -0.39 is 0 Å². The molecule has 0 radical (unpaired) electrons. The van der Waals surface area contributed by atoms with E-state index in [0.29, 0.717) is 0 Å². The lowest BCUT2D eigenvalue weighted by atomic mass is 9.81. The third-order valence-electron chi connectivity index (χ3n) is 3.53. The molecule has 1 aromatic heterocycles. The first kappa shape index (κ1) is 16.2. The highest BCUT2D eigenvalue weighted by Gasteiger charge is 2.31. The van der Waals surface area contributed by atoms with Gasteiger partial charge in [0.1, 0.15) is 5.82 Å². The standard InChI is InChI=1S/C16H17Br2FS/c1-2-14-6-7-15(20-14)9-16(10-17,11-18)12-4-3-5-13(19)8-12/h3-8H,2,9-11H2,1H3. The highest BCUT2D eigenvalue weighted by atomic mass is 79.9. The summed E-state index contributed by atoms with van der Waals surface area (Å²) in [6.45, 7) is 2.17. The van der Waals surface area contributed by atoms with Gasteiger partial charge >= 0.3 is 0 Å². The van der Waals surface area contributed by atoms with Gasteiger partial charge in [0, 0.05) is 25.8 Å². The number of halogens is 3. The number of aryl methyl sites for hydroxylation is 1. The fourth-order valence-electron chi connectivity index (χ4n) is 2.25. The van der Waals surface area contributed by atoms with Crippen LogP contribution in [0.1, 0.15) is 22.2 Å². The molecule has 1 heterocycles. The van der Waals surface area contributed by atoms with Crippen molar-refractivity contribution in [2.75, 3.05) is 10.7 Å². The van der Waals surface area contributed by atoms with Crippen molar-refractivity contribution in [1.29, 1.82) is 0 Å². The van der Waals surface area contributed by atoms with E-state index in [9.17, 15) is 4.39 Å². The normalized spacial score (nSPS) is 11.8. The number of hydrogen-bond donors (Lipinski definition) is 0. The average molecular weight is 420 g/mol. The number of rotatable bonds is 6. The van der Waals surface area contributed by atoms with Crippen LogP contribution in [0.2, 0.25) is 0 Å². The summed E-state index contributed by atoms with van der Waals surface area (Å²) in [5.41, 5.74) is 0.926. The maximum Gasteiger partial charge on any atom is 0.123 e. The molecule has 0 aliphatic heterocycles. The van der Waals surface area contributed by atoms with E-state index in [-0.39, 0.29) is 11.2 Å². The van der Waals surface area contributed by atoms with E-state index in [2.05, 4.69) is 50.9 Å². The SMILES string of the molecule is CCc1ccc(CC(CBr)(CBr)c2cccc(F)c2)s1. The first-order valence-electron chi connectivity index (χ1n) is 6.59. The van der Waals surface area contributed by atoms with Gasteiger partial charge in [-0.15, -0.1) is 11.3 Å². The summed E-state index contributed by atoms with van der Waals surface area (Å²) >= 11 is 9.11. The molecular weight excluding hydrogens is 403 g/mol. The van der Waals surface area contributed by atoms with E-state index in [0.717, 1.165) is 29.1 Å². The highest BCUT2D eigenvalue weighted by molar-refractivity contribution is 9.09. The minimum atomic E-state index is -0.172. The molecule has 0 saturated heterocycles. The topological polar surface area (TPSA) is 0 Å². The Kier molecular flexibility index (Phi) is 5.82. The zero-order chi connectivity index (χ0) is 14.6. The van der Waals surface area contributed by atoms with Crippen LogP contribution in [0.15, 0.2) is 36.4 Å². The molecule has 0 unspecified atom stereocenters. The Morgan fingerprint density at radius 3 is 2.35 bits per heavy atom. The summed E-state index contributed by atoms with van der Waals surface area (Å²) in [6, 6.07) is 11.3. The van der Waals surface area contributed by atoms with Crippen molar-refractivity contribution in [1.82, 2.24) is 0 Å². The van der Waals surface area contributed by atoms with Gasteiger partial charge in [0.2, 0.25) is 0 Å². The third kappa shape index (κ3) is 3.52. The van der Waals surface area contributed by atoms with E-state index in [4.69, 9.17) is 0 Å². The highest BCUT2D eigenvalue weighted by Crippen LogP contribution is 2.35. The van der Waals surface area contributed by atoms with Crippen LogP contribution < -0.4 is 0 Å². The van der Waals surface area contributed by atoms with Crippen LogP contribution in [0.5, 0.6) is 0 Å². The molecule has 0 aliphatic carbocycles. The van der Waals surface area contributed by atoms with Crippen LogP contribution in [0, 0.1) is 5.82 Å². The van der Waals surface area contributed by atoms with E-state index in [1.807, 2.05) is 17.4 Å². The molecule has 0 N–H and O–H groups in total. The number of thiophene rings is 1. The van der Waals surface area contributed by atoms with Crippen molar-refractivity contribution in [3.63, 3.8) is 0 Å².